The topological polar surface area (TPSA) is 58.1 Å². The Bertz CT molecular complexity index is 622. The lowest BCUT2D eigenvalue weighted by molar-refractivity contribution is -0.124. The number of aliphatic imine (C=N–C) groups is 1. The van der Waals surface area contributed by atoms with Crippen molar-refractivity contribution in [2.24, 2.45) is 22.2 Å². The molecule has 2 fully saturated rings. The fraction of sp³-hybridized carbons (Fsp3) is 0.688. The zero-order valence-corrected chi connectivity index (χ0v) is 12.4. The first-order chi connectivity index (χ1) is 9.46. The summed E-state index contributed by atoms with van der Waals surface area (Å²) in [5, 5.41) is 7.43. The highest BCUT2D eigenvalue weighted by Crippen LogP contribution is 2.55. The normalized spacial score (nSPS) is 31.6. The van der Waals surface area contributed by atoms with Gasteiger partial charge in [0.25, 0.3) is 0 Å². The van der Waals surface area contributed by atoms with Gasteiger partial charge < -0.3 is 0 Å². The van der Waals surface area contributed by atoms with Crippen LogP contribution in [0.5, 0.6) is 0 Å². The number of rotatable bonds is 1. The van der Waals surface area contributed by atoms with E-state index in [0.717, 1.165) is 23.6 Å². The lowest BCUT2D eigenvalue weighted by Gasteiger charge is -2.40. The molecule has 0 amide bonds. The van der Waals surface area contributed by atoms with Gasteiger partial charge in [0.15, 0.2) is 5.82 Å². The first-order valence-corrected chi connectivity index (χ1v) is 7.61. The van der Waals surface area contributed by atoms with Crippen LogP contribution in [-0.4, -0.2) is 21.7 Å². The quantitative estimate of drug-likeness (QED) is 0.852. The number of hydrogen-bond donors (Lipinski definition) is 1. The summed E-state index contributed by atoms with van der Waals surface area (Å²) in [6.07, 6.45) is 4.11. The summed E-state index contributed by atoms with van der Waals surface area (Å²) in [5.41, 5.74) is 3.44. The van der Waals surface area contributed by atoms with Crippen LogP contribution in [0.25, 0.3) is 0 Å². The molecule has 0 aromatic carbocycles. The van der Waals surface area contributed by atoms with Crippen LogP contribution in [0.2, 0.25) is 0 Å². The van der Waals surface area contributed by atoms with Crippen LogP contribution in [0.4, 0.5) is 5.82 Å². The summed E-state index contributed by atoms with van der Waals surface area (Å²) in [7, 11) is 0. The van der Waals surface area contributed by atoms with Gasteiger partial charge in [0.05, 0.1) is 5.92 Å². The summed E-state index contributed by atoms with van der Waals surface area (Å²) < 4.78 is 0. The summed E-state index contributed by atoms with van der Waals surface area (Å²) in [6.45, 7) is 6.39. The number of nitrogens with one attached hydrogen (secondary N) is 1. The second-order valence-corrected chi connectivity index (χ2v) is 7.51. The number of H-pyrrole nitrogens is 1. The van der Waals surface area contributed by atoms with Crippen LogP contribution in [0.1, 0.15) is 56.7 Å². The largest absolute Gasteiger partial charge is 0.299 e. The molecule has 1 aliphatic heterocycles. The molecule has 4 nitrogen and oxygen atoms in total. The highest BCUT2D eigenvalue weighted by atomic mass is 16.1. The van der Waals surface area contributed by atoms with Crippen LogP contribution in [0.15, 0.2) is 4.99 Å². The molecule has 1 N–H and O–H groups in total. The highest BCUT2D eigenvalue weighted by molar-refractivity contribution is 6.10. The van der Waals surface area contributed by atoms with Crippen LogP contribution < -0.4 is 0 Å². The standard InChI is InChI=1S/C16H21N3O/c1-8-12-13(9-4-5-9)14-10(17-15(12)19-18-8)6-16(2,3)7-11(14)20/h9,13-14H,4-7H2,1-3H3,(H,18,19). The molecule has 1 aromatic heterocycles. The number of carbonyl (C=O) groups excluding carboxylic acids is 1. The van der Waals surface area contributed by atoms with Gasteiger partial charge in [-0.2, -0.15) is 5.10 Å². The van der Waals surface area contributed by atoms with E-state index in [1.807, 2.05) is 0 Å². The Labute approximate surface area is 119 Å². The predicted molar refractivity (Wildman–Crippen MR) is 77.4 cm³/mol. The minimum absolute atomic E-state index is 0.0272. The second kappa shape index (κ2) is 3.80. The summed E-state index contributed by atoms with van der Waals surface area (Å²) in [5.74, 6) is 2.25. The molecule has 2 atom stereocenters. The highest BCUT2D eigenvalue weighted by Gasteiger charge is 2.50. The molecular formula is C16H21N3O. The number of hydrogen-bond acceptors (Lipinski definition) is 3. The number of carbonyl (C=O) groups is 1. The Kier molecular flexibility index (Phi) is 2.34. The van der Waals surface area contributed by atoms with Crippen molar-refractivity contribution in [2.45, 2.75) is 52.4 Å². The fourth-order valence-corrected chi connectivity index (χ4v) is 4.12. The van der Waals surface area contributed by atoms with Crippen molar-refractivity contribution in [3.8, 4) is 0 Å². The maximum Gasteiger partial charge on any atom is 0.177 e. The van der Waals surface area contributed by atoms with E-state index < -0.39 is 0 Å². The number of nitrogens with zero attached hydrogens (tertiary/aromatic N) is 2. The third-order valence-corrected chi connectivity index (χ3v) is 5.06. The van der Waals surface area contributed by atoms with E-state index in [1.54, 1.807) is 0 Å². The SMILES string of the molecule is Cc1[nH]nc2c1C(C1CC1)C1C(=O)CC(C)(C)CC1=N2. The lowest BCUT2D eigenvalue weighted by Crippen LogP contribution is -2.42. The Morgan fingerprint density at radius 1 is 1.25 bits per heavy atom. The molecular weight excluding hydrogens is 250 g/mol. The van der Waals surface area contributed by atoms with Gasteiger partial charge in [-0.15, -0.1) is 0 Å². The van der Waals surface area contributed by atoms with Crippen LogP contribution in [0, 0.1) is 24.2 Å². The first kappa shape index (κ1) is 12.3. The fourth-order valence-electron chi connectivity index (χ4n) is 4.12. The van der Waals surface area contributed by atoms with E-state index in [2.05, 4.69) is 31.0 Å². The van der Waals surface area contributed by atoms with E-state index in [0.29, 0.717) is 24.0 Å². The molecule has 2 unspecified atom stereocenters. The molecule has 2 heterocycles. The molecule has 106 valence electrons. The minimum atomic E-state index is 0.0272. The predicted octanol–water partition coefficient (Wildman–Crippen LogP) is 3.30. The van der Waals surface area contributed by atoms with Crippen LogP contribution >= 0.6 is 0 Å². The van der Waals surface area contributed by atoms with Gasteiger partial charge in [-0.1, -0.05) is 13.8 Å². The van der Waals surface area contributed by atoms with Gasteiger partial charge in [-0.3, -0.25) is 9.89 Å². The van der Waals surface area contributed by atoms with Crippen molar-refractivity contribution in [3.63, 3.8) is 0 Å². The molecule has 2 aliphatic carbocycles. The number of fused-ring (bicyclic) bond motifs is 2. The molecule has 4 heteroatoms. The average molecular weight is 271 g/mol. The van der Waals surface area contributed by atoms with Crippen molar-refractivity contribution in [2.75, 3.05) is 0 Å². The zero-order chi connectivity index (χ0) is 14.1. The first-order valence-electron chi connectivity index (χ1n) is 7.61. The van der Waals surface area contributed by atoms with Crippen molar-refractivity contribution in [3.05, 3.63) is 11.3 Å². The van der Waals surface area contributed by atoms with Gasteiger partial charge in [-0.05, 0) is 37.5 Å². The van der Waals surface area contributed by atoms with E-state index in [4.69, 9.17) is 4.99 Å². The molecule has 4 rings (SSSR count). The summed E-state index contributed by atoms with van der Waals surface area (Å²) in [4.78, 5) is 17.5. The third kappa shape index (κ3) is 1.70. The minimum Gasteiger partial charge on any atom is -0.299 e. The Morgan fingerprint density at radius 3 is 2.70 bits per heavy atom. The van der Waals surface area contributed by atoms with E-state index in [9.17, 15) is 4.79 Å². The average Bonchev–Trinajstić information content (AvgIpc) is 3.11. The van der Waals surface area contributed by atoms with Crippen molar-refractivity contribution in [1.29, 1.82) is 0 Å². The number of aromatic nitrogens is 2. The lowest BCUT2D eigenvalue weighted by atomic mass is 9.64. The molecule has 1 aromatic rings. The van der Waals surface area contributed by atoms with Crippen LogP contribution in [-0.2, 0) is 4.79 Å². The monoisotopic (exact) mass is 271 g/mol. The Hall–Kier alpha value is -1.45. The number of Topliss-reactive ketones (excluding diaryl/α,β-unsaturated/α-hetero) is 1. The molecule has 0 spiro atoms. The smallest absolute Gasteiger partial charge is 0.177 e. The van der Waals surface area contributed by atoms with Gasteiger partial charge in [0.2, 0.25) is 0 Å². The molecule has 0 radical (unpaired) electrons. The Balaban J connectivity index is 1.86. The number of ketones is 1. The number of aromatic amines is 1. The molecule has 0 saturated heterocycles. The maximum absolute atomic E-state index is 12.7. The second-order valence-electron chi connectivity index (χ2n) is 7.51. The summed E-state index contributed by atoms with van der Waals surface area (Å²) >= 11 is 0. The van der Waals surface area contributed by atoms with E-state index in [-0.39, 0.29) is 11.3 Å². The zero-order valence-electron chi connectivity index (χ0n) is 12.4. The third-order valence-electron chi connectivity index (χ3n) is 5.06. The van der Waals surface area contributed by atoms with Crippen molar-refractivity contribution >= 4 is 17.3 Å². The van der Waals surface area contributed by atoms with Crippen LogP contribution in [0.3, 0.4) is 0 Å². The molecule has 2 saturated carbocycles. The molecule has 3 aliphatic rings. The molecule has 0 bridgehead atoms. The number of aryl methyl sites for hydroxylation is 1. The van der Waals surface area contributed by atoms with Gasteiger partial charge in [0, 0.05) is 29.3 Å². The van der Waals surface area contributed by atoms with Crippen molar-refractivity contribution < 1.29 is 4.79 Å². The Morgan fingerprint density at radius 2 is 2.00 bits per heavy atom. The maximum atomic E-state index is 12.7. The summed E-state index contributed by atoms with van der Waals surface area (Å²) in [6, 6.07) is 0. The van der Waals surface area contributed by atoms with Gasteiger partial charge in [0.1, 0.15) is 5.78 Å². The van der Waals surface area contributed by atoms with Gasteiger partial charge >= 0.3 is 0 Å². The van der Waals surface area contributed by atoms with Crippen molar-refractivity contribution in [1.82, 2.24) is 10.2 Å². The van der Waals surface area contributed by atoms with E-state index >= 15 is 0 Å². The molecule has 20 heavy (non-hydrogen) atoms. The van der Waals surface area contributed by atoms with E-state index in [1.165, 1.54) is 18.4 Å². The van der Waals surface area contributed by atoms with Gasteiger partial charge in [-0.25, -0.2) is 4.99 Å².